The van der Waals surface area contributed by atoms with Gasteiger partial charge in [0.1, 0.15) is 12.4 Å². The summed E-state index contributed by atoms with van der Waals surface area (Å²) in [4.78, 5) is 32.8. The van der Waals surface area contributed by atoms with E-state index >= 15 is 0 Å². The molecule has 198 valence electrons. The van der Waals surface area contributed by atoms with Crippen LogP contribution in [-0.2, 0) is 14.4 Å². The Labute approximate surface area is 208 Å². The third-order valence-corrected chi connectivity index (χ3v) is 8.93. The van der Waals surface area contributed by atoms with Gasteiger partial charge in [-0.25, -0.2) is 9.82 Å². The van der Waals surface area contributed by atoms with Crippen LogP contribution < -0.4 is 27.0 Å². The smallest absolute Gasteiger partial charge is 0.237 e. The number of nitrogens with one attached hydrogen (secondary N) is 5. The summed E-state index contributed by atoms with van der Waals surface area (Å²) < 4.78 is 13.4. The molecule has 35 heavy (non-hydrogen) atoms. The molecule has 0 aromatic rings. The lowest BCUT2D eigenvalue weighted by atomic mass is 9.76. The molecule has 5 rings (SSSR count). The normalized spacial score (nSPS) is 40.3. The predicted octanol–water partition coefficient (Wildman–Crippen LogP) is 1.67. The highest BCUT2D eigenvalue weighted by Crippen LogP contribution is 2.34. The SMILES string of the molecule is O=C1NNC(NCC2CCCN(C(=O)CCC3NC(C4CCC(F)CC4)NO3)C2)C2CCCCC12. The highest BCUT2D eigenvalue weighted by molar-refractivity contribution is 5.79. The van der Waals surface area contributed by atoms with Crippen molar-refractivity contribution < 1.29 is 18.8 Å². The van der Waals surface area contributed by atoms with Gasteiger partial charge in [-0.15, -0.1) is 0 Å². The summed E-state index contributed by atoms with van der Waals surface area (Å²) in [5.74, 6) is 1.60. The number of likely N-dealkylation sites (tertiary alicyclic amines) is 1. The number of hydroxylamine groups is 1. The Morgan fingerprint density at radius 2 is 1.91 bits per heavy atom. The van der Waals surface area contributed by atoms with Crippen molar-refractivity contribution in [3.8, 4) is 0 Å². The van der Waals surface area contributed by atoms with Crippen LogP contribution in [0.4, 0.5) is 4.39 Å². The van der Waals surface area contributed by atoms with Gasteiger partial charge in [0.15, 0.2) is 0 Å². The first-order valence-corrected chi connectivity index (χ1v) is 13.9. The third-order valence-electron chi connectivity index (χ3n) is 8.93. The lowest BCUT2D eigenvalue weighted by molar-refractivity contribution is -0.135. The lowest BCUT2D eigenvalue weighted by Crippen LogP contribution is -2.64. The van der Waals surface area contributed by atoms with Gasteiger partial charge in [0.25, 0.3) is 0 Å². The summed E-state index contributed by atoms with van der Waals surface area (Å²) in [5.41, 5.74) is 9.12. The van der Waals surface area contributed by atoms with Gasteiger partial charge in [-0.05, 0) is 69.6 Å². The number of rotatable bonds is 7. The molecule has 6 unspecified atom stereocenters. The highest BCUT2D eigenvalue weighted by atomic mass is 19.1. The van der Waals surface area contributed by atoms with Crippen LogP contribution in [0.3, 0.4) is 0 Å². The molecule has 6 atom stereocenters. The fourth-order valence-electron chi connectivity index (χ4n) is 6.81. The number of nitrogens with zero attached hydrogens (tertiary/aromatic N) is 1. The molecule has 5 aliphatic rings. The van der Waals surface area contributed by atoms with E-state index in [9.17, 15) is 14.0 Å². The van der Waals surface area contributed by atoms with Crippen LogP contribution in [0.15, 0.2) is 0 Å². The first-order valence-electron chi connectivity index (χ1n) is 13.9. The number of halogens is 1. The molecule has 5 N–H and O–H groups in total. The number of hydrogen-bond donors (Lipinski definition) is 5. The van der Waals surface area contributed by atoms with Crippen molar-refractivity contribution in [2.75, 3.05) is 19.6 Å². The van der Waals surface area contributed by atoms with Gasteiger partial charge >= 0.3 is 0 Å². The van der Waals surface area contributed by atoms with Gasteiger partial charge in [0.05, 0.1) is 12.3 Å². The largest absolute Gasteiger partial charge is 0.342 e. The molecule has 0 aromatic heterocycles. The van der Waals surface area contributed by atoms with Crippen LogP contribution in [-0.4, -0.2) is 61.1 Å². The Hall–Kier alpha value is -1.33. The maximum absolute atomic E-state index is 13.4. The predicted molar refractivity (Wildman–Crippen MR) is 129 cm³/mol. The summed E-state index contributed by atoms with van der Waals surface area (Å²) in [6, 6.07) is 0. The Morgan fingerprint density at radius 3 is 2.77 bits per heavy atom. The second-order valence-electron chi connectivity index (χ2n) is 11.3. The summed E-state index contributed by atoms with van der Waals surface area (Å²) in [6.07, 6.45) is 9.96. The van der Waals surface area contributed by atoms with Crippen molar-refractivity contribution in [3.63, 3.8) is 0 Å². The molecule has 2 amide bonds. The molecule has 2 saturated carbocycles. The second-order valence-corrected chi connectivity index (χ2v) is 11.3. The van der Waals surface area contributed by atoms with Gasteiger partial charge in [-0.1, -0.05) is 12.8 Å². The van der Waals surface area contributed by atoms with Crippen LogP contribution in [0.2, 0.25) is 0 Å². The average Bonchev–Trinajstić information content (AvgIpc) is 3.37. The minimum atomic E-state index is -0.658. The van der Waals surface area contributed by atoms with Crippen LogP contribution in [0.1, 0.15) is 77.0 Å². The number of hydrogen-bond acceptors (Lipinski definition) is 7. The van der Waals surface area contributed by atoms with Gasteiger partial charge in [0.2, 0.25) is 11.8 Å². The van der Waals surface area contributed by atoms with Gasteiger partial charge in [-0.2, -0.15) is 5.48 Å². The van der Waals surface area contributed by atoms with E-state index in [-0.39, 0.29) is 36.3 Å². The molecule has 3 saturated heterocycles. The Kier molecular flexibility index (Phi) is 8.55. The van der Waals surface area contributed by atoms with Crippen molar-refractivity contribution >= 4 is 11.8 Å². The van der Waals surface area contributed by atoms with Crippen LogP contribution in [0, 0.1) is 23.7 Å². The number of piperidine rings is 1. The van der Waals surface area contributed by atoms with Crippen molar-refractivity contribution in [2.45, 2.75) is 102 Å². The van der Waals surface area contributed by atoms with E-state index in [0.29, 0.717) is 43.4 Å². The summed E-state index contributed by atoms with van der Waals surface area (Å²) >= 11 is 0. The molecule has 5 fully saturated rings. The molecule has 2 aliphatic carbocycles. The number of fused-ring (bicyclic) bond motifs is 1. The third kappa shape index (κ3) is 6.33. The molecule has 0 radical (unpaired) electrons. The zero-order chi connectivity index (χ0) is 24.2. The molecule has 10 heteroatoms. The van der Waals surface area contributed by atoms with Crippen molar-refractivity contribution in [2.24, 2.45) is 23.7 Å². The number of carbonyl (C=O) groups excluding carboxylic acids is 2. The number of hydrazine groups is 1. The van der Waals surface area contributed by atoms with Crippen LogP contribution in [0.5, 0.6) is 0 Å². The molecule has 3 heterocycles. The maximum Gasteiger partial charge on any atom is 0.237 e. The van der Waals surface area contributed by atoms with E-state index in [1.165, 1.54) is 6.42 Å². The van der Waals surface area contributed by atoms with E-state index < -0.39 is 6.17 Å². The van der Waals surface area contributed by atoms with E-state index in [1.807, 2.05) is 4.90 Å². The van der Waals surface area contributed by atoms with E-state index in [0.717, 1.165) is 64.6 Å². The standard InChI is InChI=1S/C25H43FN6O3/c26-18-9-7-17(8-10-18)23-28-21(35-31-23)11-12-22(33)32-13-3-4-16(15-32)14-27-24-19-5-1-2-6-20(19)25(34)30-29-24/h16-21,23-24,27-29,31H,1-15H2,(H,30,34). The Balaban J connectivity index is 1.02. The minimum absolute atomic E-state index is 0.0509. The first kappa shape index (κ1) is 25.3. The van der Waals surface area contributed by atoms with Crippen molar-refractivity contribution in [3.05, 3.63) is 0 Å². The fraction of sp³-hybridized carbons (Fsp3) is 0.920. The monoisotopic (exact) mass is 494 g/mol. The fourth-order valence-corrected chi connectivity index (χ4v) is 6.81. The summed E-state index contributed by atoms with van der Waals surface area (Å²) in [6.45, 7) is 2.45. The van der Waals surface area contributed by atoms with E-state index in [4.69, 9.17) is 4.84 Å². The lowest BCUT2D eigenvalue weighted by Gasteiger charge is -2.42. The molecule has 3 aliphatic heterocycles. The quantitative estimate of drug-likeness (QED) is 0.367. The van der Waals surface area contributed by atoms with Gasteiger partial charge in [0, 0.05) is 37.9 Å². The van der Waals surface area contributed by atoms with Gasteiger partial charge in [-0.3, -0.25) is 30.5 Å². The number of amides is 2. The first-order chi connectivity index (χ1) is 17.1. The second kappa shape index (κ2) is 11.8. The molecular weight excluding hydrogens is 451 g/mol. The zero-order valence-electron chi connectivity index (χ0n) is 20.8. The van der Waals surface area contributed by atoms with E-state index in [1.54, 1.807) is 0 Å². The molecular formula is C25H43FN6O3. The molecule has 0 aromatic carbocycles. The van der Waals surface area contributed by atoms with Crippen LogP contribution >= 0.6 is 0 Å². The number of carbonyl (C=O) groups is 2. The zero-order valence-corrected chi connectivity index (χ0v) is 20.8. The van der Waals surface area contributed by atoms with Crippen molar-refractivity contribution in [1.82, 2.24) is 31.9 Å². The topological polar surface area (TPSA) is 107 Å². The maximum atomic E-state index is 13.4. The molecule has 0 spiro atoms. The highest BCUT2D eigenvalue weighted by Gasteiger charge is 2.40. The van der Waals surface area contributed by atoms with Gasteiger partial charge < -0.3 is 4.90 Å². The minimum Gasteiger partial charge on any atom is -0.342 e. The average molecular weight is 495 g/mol. The van der Waals surface area contributed by atoms with E-state index in [2.05, 4.69) is 27.0 Å². The summed E-state index contributed by atoms with van der Waals surface area (Å²) in [7, 11) is 0. The van der Waals surface area contributed by atoms with Crippen LogP contribution in [0.25, 0.3) is 0 Å². The Morgan fingerprint density at radius 1 is 1.09 bits per heavy atom. The Bertz CT molecular complexity index is 736. The summed E-state index contributed by atoms with van der Waals surface area (Å²) in [5, 5.41) is 7.11. The van der Waals surface area contributed by atoms with Crippen molar-refractivity contribution in [1.29, 1.82) is 0 Å². The number of alkyl halides is 1. The molecule has 9 nitrogen and oxygen atoms in total. The molecule has 0 bridgehead atoms.